The molecule has 1 fully saturated rings. The number of hydrogen-bond acceptors (Lipinski definition) is 5. The van der Waals surface area contributed by atoms with E-state index in [0.29, 0.717) is 27.6 Å². The summed E-state index contributed by atoms with van der Waals surface area (Å²) in [5.74, 6) is -1.06. The maximum absolute atomic E-state index is 12.3. The van der Waals surface area contributed by atoms with Gasteiger partial charge in [0.15, 0.2) is 0 Å². The third-order valence-corrected chi connectivity index (χ3v) is 4.74. The molecule has 0 aliphatic carbocycles. The molecule has 1 aliphatic rings. The number of halogens is 3. The molecular weight excluding hydrogens is 415 g/mol. The van der Waals surface area contributed by atoms with Crippen LogP contribution in [-0.4, -0.2) is 36.3 Å². The standard InChI is InChI=1S/C19H15Cl3O5/c20-13-5-1-11(2-6-13)18(23)25-10-16-15(9-17(22)26-16)27-19(24)12-3-7-14(21)8-4-12/h1-8,15-17H,9-10H2/t15-,16+,17-/m0/s1. The molecule has 8 heteroatoms. The predicted octanol–water partition coefficient (Wildman–Crippen LogP) is 4.73. The number of ether oxygens (including phenoxy) is 3. The second-order valence-electron chi connectivity index (χ2n) is 5.88. The van der Waals surface area contributed by atoms with Crippen LogP contribution in [0.4, 0.5) is 0 Å². The molecule has 0 saturated carbocycles. The van der Waals surface area contributed by atoms with Crippen LogP contribution in [0, 0.1) is 0 Å². The largest absolute Gasteiger partial charge is 0.459 e. The summed E-state index contributed by atoms with van der Waals surface area (Å²) < 4.78 is 16.2. The van der Waals surface area contributed by atoms with E-state index in [1.54, 1.807) is 48.5 Å². The van der Waals surface area contributed by atoms with Gasteiger partial charge >= 0.3 is 11.9 Å². The average molecular weight is 430 g/mol. The number of benzene rings is 2. The third kappa shape index (κ3) is 5.36. The van der Waals surface area contributed by atoms with Crippen LogP contribution in [0.1, 0.15) is 27.1 Å². The maximum atomic E-state index is 12.3. The van der Waals surface area contributed by atoms with E-state index in [0.717, 1.165) is 0 Å². The molecule has 1 heterocycles. The van der Waals surface area contributed by atoms with Crippen molar-refractivity contribution in [3.05, 3.63) is 69.7 Å². The second-order valence-corrected chi connectivity index (χ2v) is 7.24. The van der Waals surface area contributed by atoms with E-state index in [2.05, 4.69) is 0 Å². The molecule has 0 spiro atoms. The smallest absolute Gasteiger partial charge is 0.338 e. The number of esters is 2. The molecule has 0 aromatic heterocycles. The van der Waals surface area contributed by atoms with E-state index in [9.17, 15) is 9.59 Å². The molecule has 0 radical (unpaired) electrons. The Hall–Kier alpha value is -1.79. The topological polar surface area (TPSA) is 61.8 Å². The molecule has 142 valence electrons. The van der Waals surface area contributed by atoms with Crippen molar-refractivity contribution in [1.82, 2.24) is 0 Å². The Morgan fingerprint density at radius 2 is 1.44 bits per heavy atom. The summed E-state index contributed by atoms with van der Waals surface area (Å²) in [4.78, 5) is 24.4. The van der Waals surface area contributed by atoms with Gasteiger partial charge in [-0.25, -0.2) is 9.59 Å². The second kappa shape index (κ2) is 8.93. The average Bonchev–Trinajstić information content (AvgIpc) is 3.00. The first kappa shape index (κ1) is 20.0. The lowest BCUT2D eigenvalue weighted by Crippen LogP contribution is -2.32. The van der Waals surface area contributed by atoms with Gasteiger partial charge in [0, 0.05) is 16.5 Å². The molecule has 1 saturated heterocycles. The number of carbonyl (C=O) groups excluding carboxylic acids is 2. The molecule has 0 N–H and O–H groups in total. The lowest BCUT2D eigenvalue weighted by atomic mass is 10.2. The van der Waals surface area contributed by atoms with Crippen LogP contribution in [0.5, 0.6) is 0 Å². The van der Waals surface area contributed by atoms with Crippen molar-refractivity contribution in [3.63, 3.8) is 0 Å². The first-order chi connectivity index (χ1) is 12.9. The Labute approximate surface area is 171 Å². The summed E-state index contributed by atoms with van der Waals surface area (Å²) in [6.45, 7) is -0.0940. The van der Waals surface area contributed by atoms with Crippen LogP contribution in [0.15, 0.2) is 48.5 Å². The molecule has 1 aliphatic heterocycles. The minimum atomic E-state index is -0.653. The van der Waals surface area contributed by atoms with Gasteiger partial charge in [-0.1, -0.05) is 34.8 Å². The van der Waals surface area contributed by atoms with Gasteiger partial charge in [-0.2, -0.15) is 0 Å². The minimum Gasteiger partial charge on any atom is -0.459 e. The van der Waals surface area contributed by atoms with Gasteiger partial charge in [0.25, 0.3) is 0 Å². The van der Waals surface area contributed by atoms with Crippen LogP contribution in [0.3, 0.4) is 0 Å². The summed E-state index contributed by atoms with van der Waals surface area (Å²) in [6, 6.07) is 12.6. The molecule has 3 atom stereocenters. The first-order valence-electron chi connectivity index (χ1n) is 8.11. The highest BCUT2D eigenvalue weighted by Crippen LogP contribution is 2.27. The number of carbonyl (C=O) groups is 2. The van der Waals surface area contributed by atoms with Gasteiger partial charge in [0.05, 0.1) is 11.1 Å². The van der Waals surface area contributed by atoms with Crippen molar-refractivity contribution >= 4 is 46.7 Å². The molecular formula is C19H15Cl3O5. The van der Waals surface area contributed by atoms with Crippen LogP contribution in [0.25, 0.3) is 0 Å². The highest BCUT2D eigenvalue weighted by molar-refractivity contribution is 6.31. The fourth-order valence-electron chi connectivity index (χ4n) is 2.56. The zero-order valence-electron chi connectivity index (χ0n) is 13.9. The van der Waals surface area contributed by atoms with E-state index in [1.807, 2.05) is 0 Å². The minimum absolute atomic E-state index is 0.0940. The summed E-state index contributed by atoms with van der Waals surface area (Å²) in [7, 11) is 0. The number of rotatable bonds is 5. The molecule has 5 nitrogen and oxygen atoms in total. The zero-order chi connectivity index (χ0) is 19.4. The molecule has 0 amide bonds. The van der Waals surface area contributed by atoms with Crippen LogP contribution in [0.2, 0.25) is 10.0 Å². The van der Waals surface area contributed by atoms with Gasteiger partial charge in [-0.15, -0.1) is 0 Å². The summed E-state index contributed by atoms with van der Waals surface area (Å²) in [5.41, 5.74) is 0.0797. The van der Waals surface area contributed by atoms with Crippen molar-refractivity contribution in [3.8, 4) is 0 Å². The Kier molecular flexibility index (Phi) is 6.60. The highest BCUT2D eigenvalue weighted by Gasteiger charge is 2.38. The lowest BCUT2D eigenvalue weighted by Gasteiger charge is -2.19. The number of alkyl halides is 1. The van der Waals surface area contributed by atoms with Crippen molar-refractivity contribution in [2.75, 3.05) is 6.61 Å². The van der Waals surface area contributed by atoms with Crippen molar-refractivity contribution in [1.29, 1.82) is 0 Å². The normalized spacial score (nSPS) is 21.7. The summed E-state index contributed by atoms with van der Waals surface area (Å²) in [5, 5.41) is 1.04. The van der Waals surface area contributed by atoms with Crippen molar-refractivity contribution < 1.29 is 23.8 Å². The molecule has 3 rings (SSSR count). The Morgan fingerprint density at radius 1 is 0.926 bits per heavy atom. The summed E-state index contributed by atoms with van der Waals surface area (Å²) >= 11 is 17.6. The van der Waals surface area contributed by atoms with Gasteiger partial charge in [-0.3, -0.25) is 0 Å². The monoisotopic (exact) mass is 428 g/mol. The van der Waals surface area contributed by atoms with E-state index >= 15 is 0 Å². The lowest BCUT2D eigenvalue weighted by molar-refractivity contribution is -0.0322. The Bertz CT molecular complexity index is 807. The van der Waals surface area contributed by atoms with E-state index in [-0.39, 0.29) is 6.61 Å². The highest BCUT2D eigenvalue weighted by atomic mass is 35.5. The number of hydrogen-bond donors (Lipinski definition) is 0. The Balaban J connectivity index is 1.58. The maximum Gasteiger partial charge on any atom is 0.338 e. The first-order valence-corrected chi connectivity index (χ1v) is 9.30. The predicted molar refractivity (Wildman–Crippen MR) is 102 cm³/mol. The molecule has 2 aromatic rings. The van der Waals surface area contributed by atoms with E-state index in [1.165, 1.54) is 0 Å². The molecule has 2 aromatic carbocycles. The molecule has 0 bridgehead atoms. The van der Waals surface area contributed by atoms with Crippen LogP contribution < -0.4 is 0 Å². The zero-order valence-corrected chi connectivity index (χ0v) is 16.2. The fourth-order valence-corrected chi connectivity index (χ4v) is 3.12. The quantitative estimate of drug-likeness (QED) is 0.508. The van der Waals surface area contributed by atoms with Crippen molar-refractivity contribution in [2.24, 2.45) is 0 Å². The molecule has 27 heavy (non-hydrogen) atoms. The summed E-state index contributed by atoms with van der Waals surface area (Å²) in [6.07, 6.45) is -0.988. The SMILES string of the molecule is O=C(OC[C@H]1O[C@H](Cl)C[C@@H]1OC(=O)c1ccc(Cl)cc1)c1ccc(Cl)cc1. The fraction of sp³-hybridized carbons (Fsp3) is 0.263. The van der Waals surface area contributed by atoms with Gasteiger partial charge in [0.2, 0.25) is 0 Å². The van der Waals surface area contributed by atoms with Gasteiger partial charge in [-0.05, 0) is 48.5 Å². The van der Waals surface area contributed by atoms with E-state index < -0.39 is 29.7 Å². The van der Waals surface area contributed by atoms with Crippen LogP contribution in [-0.2, 0) is 14.2 Å². The van der Waals surface area contributed by atoms with Gasteiger partial charge < -0.3 is 14.2 Å². The van der Waals surface area contributed by atoms with Crippen molar-refractivity contribution in [2.45, 2.75) is 24.2 Å². The third-order valence-electron chi connectivity index (χ3n) is 3.95. The van der Waals surface area contributed by atoms with E-state index in [4.69, 9.17) is 49.0 Å². The Morgan fingerprint density at radius 3 is 2.00 bits per heavy atom. The van der Waals surface area contributed by atoms with Crippen LogP contribution >= 0.6 is 34.8 Å². The van der Waals surface area contributed by atoms with Gasteiger partial charge in [0.1, 0.15) is 24.4 Å². The molecule has 0 unspecified atom stereocenters.